The predicted octanol–water partition coefficient (Wildman–Crippen LogP) is -1.29. The first-order chi connectivity index (χ1) is 5.24. The summed E-state index contributed by atoms with van der Waals surface area (Å²) in [5.74, 6) is 0. The molecule has 0 aromatic carbocycles. The van der Waals surface area contributed by atoms with Crippen molar-refractivity contribution in [1.29, 1.82) is 0 Å². The van der Waals surface area contributed by atoms with Gasteiger partial charge < -0.3 is 12.4 Å². The summed E-state index contributed by atoms with van der Waals surface area (Å²) in [5, 5.41) is 0. The summed E-state index contributed by atoms with van der Waals surface area (Å²) in [6.07, 6.45) is 6.14. The SMILES string of the molecule is CCn1cc[n+](C)c1.[Cl-].[Cl][Zn][Cl]. The van der Waals surface area contributed by atoms with Crippen LogP contribution >= 0.6 is 19.4 Å². The summed E-state index contributed by atoms with van der Waals surface area (Å²) >= 11 is -0.931. The first-order valence-electron chi connectivity index (χ1n) is 3.37. The molecule has 2 nitrogen and oxygen atoms in total. The Balaban J connectivity index is 0. The fourth-order valence-electron chi connectivity index (χ4n) is 0.689. The van der Waals surface area contributed by atoms with Gasteiger partial charge in [0.2, 0.25) is 6.33 Å². The van der Waals surface area contributed by atoms with E-state index in [4.69, 9.17) is 19.4 Å². The van der Waals surface area contributed by atoms with Gasteiger partial charge in [-0.25, -0.2) is 9.13 Å². The molecule has 0 unspecified atom stereocenters. The van der Waals surface area contributed by atoms with E-state index in [0.29, 0.717) is 0 Å². The minimum atomic E-state index is -0.931. The predicted molar refractivity (Wildman–Crippen MR) is 43.0 cm³/mol. The zero-order chi connectivity index (χ0) is 8.69. The van der Waals surface area contributed by atoms with Gasteiger partial charge in [0.15, 0.2) is 0 Å². The molecule has 0 aliphatic carbocycles. The first-order valence-corrected chi connectivity index (χ1v) is 11.2. The Morgan fingerprint density at radius 3 is 2.17 bits per heavy atom. The fraction of sp³-hybridized carbons (Fsp3) is 0.500. The molecule has 6 heteroatoms. The summed E-state index contributed by atoms with van der Waals surface area (Å²) in [4.78, 5) is 0. The third-order valence-corrected chi connectivity index (χ3v) is 1.19. The van der Waals surface area contributed by atoms with E-state index in [1.54, 1.807) is 0 Å². The maximum atomic E-state index is 4.95. The van der Waals surface area contributed by atoms with Gasteiger partial charge in [-0.15, -0.1) is 0 Å². The van der Waals surface area contributed by atoms with Crippen LogP contribution in [0, 0.1) is 0 Å². The fourth-order valence-corrected chi connectivity index (χ4v) is 0.689. The molecular weight excluding hydrogens is 272 g/mol. The molecule has 1 rings (SSSR count). The Morgan fingerprint density at radius 1 is 1.50 bits per heavy atom. The second kappa shape index (κ2) is 9.79. The molecule has 0 amide bonds. The Hall–Kier alpha value is 0.703. The van der Waals surface area contributed by atoms with Crippen molar-refractivity contribution in [3.63, 3.8) is 0 Å². The van der Waals surface area contributed by atoms with E-state index < -0.39 is 15.1 Å². The number of halogens is 3. The van der Waals surface area contributed by atoms with E-state index in [2.05, 4.69) is 24.0 Å². The van der Waals surface area contributed by atoms with Crippen LogP contribution in [0.4, 0.5) is 0 Å². The molecule has 0 aliphatic heterocycles. The average Bonchev–Trinajstić information content (AvgIpc) is 2.37. The second-order valence-electron chi connectivity index (χ2n) is 2.01. The molecule has 0 saturated carbocycles. The van der Waals surface area contributed by atoms with Crippen molar-refractivity contribution in [3.05, 3.63) is 18.7 Å². The first kappa shape index (κ1) is 15.2. The number of aromatic nitrogens is 2. The van der Waals surface area contributed by atoms with Crippen molar-refractivity contribution >= 4 is 19.4 Å². The van der Waals surface area contributed by atoms with Crippen LogP contribution in [0.3, 0.4) is 0 Å². The van der Waals surface area contributed by atoms with Crippen molar-refractivity contribution < 1.29 is 32.1 Å². The summed E-state index contributed by atoms with van der Waals surface area (Å²) < 4.78 is 4.16. The van der Waals surface area contributed by atoms with Gasteiger partial charge in [-0.1, -0.05) is 0 Å². The standard InChI is InChI=1S/C6H11N2.3ClH.Zn/c1-3-8-5-4-7(2)6-8;;;;/h4-6H,3H2,1-2H3;3*1H;/q+1;;;;+2/p-3. The molecule has 0 atom stereocenters. The minimum absolute atomic E-state index is 0. The molecule has 68 valence electrons. The van der Waals surface area contributed by atoms with Gasteiger partial charge in [0, 0.05) is 0 Å². The van der Waals surface area contributed by atoms with Crippen LogP contribution in [-0.4, -0.2) is 4.57 Å². The van der Waals surface area contributed by atoms with Gasteiger partial charge in [-0.3, -0.25) is 0 Å². The van der Waals surface area contributed by atoms with Crippen LogP contribution in [0.2, 0.25) is 0 Å². The Kier molecular flexibility index (Phi) is 12.4. The van der Waals surface area contributed by atoms with Crippen LogP contribution < -0.4 is 17.0 Å². The van der Waals surface area contributed by atoms with Crippen LogP contribution in [0.1, 0.15) is 6.92 Å². The molecule has 1 aromatic heterocycles. The van der Waals surface area contributed by atoms with Gasteiger partial charge >= 0.3 is 34.5 Å². The normalized spacial score (nSPS) is 7.33. The molecule has 1 heterocycles. The van der Waals surface area contributed by atoms with Gasteiger partial charge in [0.05, 0.1) is 13.6 Å². The number of hydrogen-bond acceptors (Lipinski definition) is 0. The number of rotatable bonds is 1. The monoisotopic (exact) mass is 280 g/mol. The van der Waals surface area contributed by atoms with Crippen LogP contribution in [0.15, 0.2) is 18.7 Å². The quantitative estimate of drug-likeness (QED) is 0.448. The number of imidazole rings is 1. The van der Waals surface area contributed by atoms with Gasteiger partial charge in [-0.2, -0.15) is 0 Å². The summed E-state index contributed by atoms with van der Waals surface area (Å²) in [5.41, 5.74) is 0. The third-order valence-electron chi connectivity index (χ3n) is 1.19. The Labute approximate surface area is 95.0 Å². The summed E-state index contributed by atoms with van der Waals surface area (Å²) in [7, 11) is 11.9. The summed E-state index contributed by atoms with van der Waals surface area (Å²) in [6, 6.07) is 0. The molecular formula is C6H11Cl3N2Zn. The van der Waals surface area contributed by atoms with E-state index in [1.807, 2.05) is 17.8 Å². The number of nitrogens with zero attached hydrogens (tertiary/aromatic N) is 2. The van der Waals surface area contributed by atoms with Crippen LogP contribution in [0.25, 0.3) is 0 Å². The molecule has 0 aliphatic rings. The van der Waals surface area contributed by atoms with E-state index in [9.17, 15) is 0 Å². The van der Waals surface area contributed by atoms with Crippen molar-refractivity contribution in [2.75, 3.05) is 0 Å². The van der Waals surface area contributed by atoms with Gasteiger partial charge in [-0.05, 0) is 6.92 Å². The van der Waals surface area contributed by atoms with E-state index >= 15 is 0 Å². The van der Waals surface area contributed by atoms with Gasteiger partial charge in [0.25, 0.3) is 0 Å². The molecule has 0 fully saturated rings. The van der Waals surface area contributed by atoms with Crippen molar-refractivity contribution in [1.82, 2.24) is 4.57 Å². The molecule has 0 N–H and O–H groups in total. The molecule has 0 saturated heterocycles. The van der Waals surface area contributed by atoms with Gasteiger partial charge in [0.1, 0.15) is 12.4 Å². The van der Waals surface area contributed by atoms with Crippen LogP contribution in [-0.2, 0) is 28.7 Å². The van der Waals surface area contributed by atoms with E-state index in [1.165, 1.54) is 0 Å². The van der Waals surface area contributed by atoms with Crippen molar-refractivity contribution in [2.45, 2.75) is 13.5 Å². The summed E-state index contributed by atoms with van der Waals surface area (Å²) in [6.45, 7) is 3.18. The number of aryl methyl sites for hydroxylation is 2. The Morgan fingerprint density at radius 2 is 2.00 bits per heavy atom. The van der Waals surface area contributed by atoms with Crippen LogP contribution in [0.5, 0.6) is 0 Å². The molecule has 0 radical (unpaired) electrons. The average molecular weight is 283 g/mol. The topological polar surface area (TPSA) is 8.81 Å². The Bertz CT molecular complexity index is 193. The molecule has 0 spiro atoms. The second-order valence-corrected chi connectivity index (χ2v) is 6.63. The zero-order valence-corrected chi connectivity index (χ0v) is 12.4. The molecule has 12 heavy (non-hydrogen) atoms. The maximum absolute atomic E-state index is 4.95. The van der Waals surface area contributed by atoms with Crippen molar-refractivity contribution in [2.24, 2.45) is 7.05 Å². The molecule has 0 bridgehead atoms. The third kappa shape index (κ3) is 7.36. The van der Waals surface area contributed by atoms with Crippen molar-refractivity contribution in [3.8, 4) is 0 Å². The zero-order valence-electron chi connectivity index (χ0n) is 7.17. The molecule has 1 aromatic rings. The number of hydrogen-bond donors (Lipinski definition) is 0. The van der Waals surface area contributed by atoms with E-state index in [-0.39, 0.29) is 12.4 Å². The van der Waals surface area contributed by atoms with E-state index in [0.717, 1.165) is 6.54 Å².